The highest BCUT2D eigenvalue weighted by Crippen LogP contribution is 2.16. The summed E-state index contributed by atoms with van der Waals surface area (Å²) in [6, 6.07) is 11.8. The van der Waals surface area contributed by atoms with Crippen molar-refractivity contribution >= 4 is 0 Å². The summed E-state index contributed by atoms with van der Waals surface area (Å²) >= 11 is 0. The van der Waals surface area contributed by atoms with Crippen LogP contribution in [0.4, 0.5) is 0 Å². The van der Waals surface area contributed by atoms with E-state index in [-0.39, 0.29) is 0 Å². The van der Waals surface area contributed by atoms with E-state index in [9.17, 15) is 0 Å². The van der Waals surface area contributed by atoms with Crippen molar-refractivity contribution in [3.63, 3.8) is 0 Å². The molecular weight excluding hydrogens is 234 g/mol. The van der Waals surface area contributed by atoms with Crippen molar-refractivity contribution in [3.8, 4) is 0 Å². The number of rotatable bonds is 5. The standard InChI is InChI=1S/C16H27N3/c1-14(2)17-16(15-7-5-4-6-8-15)13-19-11-9-18(3)10-12-19/h4-8,14,16-17H,9-13H2,1-3H3/t16-/m0/s1. The Hall–Kier alpha value is -0.900. The van der Waals surface area contributed by atoms with E-state index in [1.807, 2.05) is 0 Å². The molecule has 0 saturated carbocycles. The van der Waals surface area contributed by atoms with Crippen molar-refractivity contribution in [3.05, 3.63) is 35.9 Å². The second-order valence-electron chi connectivity index (χ2n) is 5.89. The lowest BCUT2D eigenvalue weighted by Gasteiger charge is -2.35. The highest BCUT2D eigenvalue weighted by molar-refractivity contribution is 5.19. The lowest BCUT2D eigenvalue weighted by molar-refractivity contribution is 0.140. The van der Waals surface area contributed by atoms with Crippen molar-refractivity contribution in [1.29, 1.82) is 0 Å². The van der Waals surface area contributed by atoms with Gasteiger partial charge in [0.25, 0.3) is 0 Å². The van der Waals surface area contributed by atoms with Gasteiger partial charge in [-0.15, -0.1) is 0 Å². The minimum Gasteiger partial charge on any atom is -0.307 e. The van der Waals surface area contributed by atoms with Crippen molar-refractivity contribution in [2.45, 2.75) is 25.9 Å². The molecule has 0 bridgehead atoms. The van der Waals surface area contributed by atoms with E-state index in [0.29, 0.717) is 12.1 Å². The smallest absolute Gasteiger partial charge is 0.0451 e. The summed E-state index contributed by atoms with van der Waals surface area (Å²) in [7, 11) is 2.21. The number of nitrogens with one attached hydrogen (secondary N) is 1. The van der Waals surface area contributed by atoms with Crippen LogP contribution in [0.25, 0.3) is 0 Å². The van der Waals surface area contributed by atoms with Crippen LogP contribution in [-0.4, -0.2) is 55.6 Å². The maximum Gasteiger partial charge on any atom is 0.0451 e. The van der Waals surface area contributed by atoms with E-state index >= 15 is 0 Å². The Bertz CT molecular complexity index is 356. The fraction of sp³-hybridized carbons (Fsp3) is 0.625. The molecule has 3 nitrogen and oxygen atoms in total. The molecule has 1 N–H and O–H groups in total. The van der Waals surface area contributed by atoms with Gasteiger partial charge < -0.3 is 10.2 Å². The summed E-state index contributed by atoms with van der Waals surface area (Å²) < 4.78 is 0. The molecule has 0 aliphatic carbocycles. The van der Waals surface area contributed by atoms with Crippen LogP contribution >= 0.6 is 0 Å². The first-order valence-corrected chi connectivity index (χ1v) is 7.37. The molecule has 0 aromatic heterocycles. The van der Waals surface area contributed by atoms with Crippen LogP contribution in [0.5, 0.6) is 0 Å². The Balaban J connectivity index is 1.98. The SMILES string of the molecule is CC(C)N[C@@H](CN1CCN(C)CC1)c1ccccc1. The summed E-state index contributed by atoms with van der Waals surface area (Å²) in [6.45, 7) is 10.3. The summed E-state index contributed by atoms with van der Waals surface area (Å²) in [5, 5.41) is 3.70. The molecule has 1 fully saturated rings. The fourth-order valence-electron chi connectivity index (χ4n) is 2.63. The average molecular weight is 261 g/mol. The van der Waals surface area contributed by atoms with E-state index in [1.54, 1.807) is 0 Å². The molecule has 1 aliphatic rings. The molecule has 1 aliphatic heterocycles. The topological polar surface area (TPSA) is 18.5 Å². The molecule has 1 saturated heterocycles. The van der Waals surface area contributed by atoms with Crippen molar-refractivity contribution < 1.29 is 0 Å². The molecule has 0 amide bonds. The number of piperazine rings is 1. The molecule has 1 heterocycles. The largest absolute Gasteiger partial charge is 0.307 e. The zero-order chi connectivity index (χ0) is 13.7. The maximum atomic E-state index is 3.70. The summed E-state index contributed by atoms with van der Waals surface area (Å²) in [6.07, 6.45) is 0. The molecule has 1 atom stereocenters. The molecule has 3 heteroatoms. The third-order valence-corrected chi connectivity index (χ3v) is 3.77. The minimum atomic E-state index is 0.435. The predicted octanol–water partition coefficient (Wildman–Crippen LogP) is 1.97. The van der Waals surface area contributed by atoms with E-state index in [2.05, 4.69) is 66.3 Å². The summed E-state index contributed by atoms with van der Waals surface area (Å²) in [5.74, 6) is 0. The Morgan fingerprint density at radius 1 is 1.05 bits per heavy atom. The van der Waals surface area contributed by atoms with Gasteiger partial charge in [-0.1, -0.05) is 44.2 Å². The molecule has 1 aromatic rings. The quantitative estimate of drug-likeness (QED) is 0.874. The van der Waals surface area contributed by atoms with Gasteiger partial charge in [0, 0.05) is 44.8 Å². The number of likely N-dealkylation sites (N-methyl/N-ethyl adjacent to an activating group) is 1. The first kappa shape index (κ1) is 14.5. The summed E-state index contributed by atoms with van der Waals surface area (Å²) in [4.78, 5) is 4.98. The molecule has 0 radical (unpaired) electrons. The molecule has 0 spiro atoms. The van der Waals surface area contributed by atoms with Gasteiger partial charge >= 0.3 is 0 Å². The highest BCUT2D eigenvalue weighted by atomic mass is 15.3. The second kappa shape index (κ2) is 7.04. The van der Waals surface area contributed by atoms with Crippen LogP contribution < -0.4 is 5.32 Å². The van der Waals surface area contributed by atoms with Crippen LogP contribution in [0.3, 0.4) is 0 Å². The predicted molar refractivity (Wildman–Crippen MR) is 81.4 cm³/mol. The second-order valence-corrected chi connectivity index (χ2v) is 5.89. The van der Waals surface area contributed by atoms with Crippen molar-refractivity contribution in [2.24, 2.45) is 0 Å². The van der Waals surface area contributed by atoms with Crippen LogP contribution in [0.2, 0.25) is 0 Å². The van der Waals surface area contributed by atoms with Gasteiger partial charge in [0.1, 0.15) is 0 Å². The highest BCUT2D eigenvalue weighted by Gasteiger charge is 2.19. The van der Waals surface area contributed by atoms with Crippen LogP contribution in [-0.2, 0) is 0 Å². The molecule has 1 aromatic carbocycles. The number of nitrogens with zero attached hydrogens (tertiary/aromatic N) is 2. The normalized spacial score (nSPS) is 19.8. The van der Waals surface area contributed by atoms with Gasteiger partial charge in [0.15, 0.2) is 0 Å². The van der Waals surface area contributed by atoms with E-state index < -0.39 is 0 Å². The van der Waals surface area contributed by atoms with Gasteiger partial charge in [-0.05, 0) is 12.6 Å². The van der Waals surface area contributed by atoms with Gasteiger partial charge in [-0.2, -0.15) is 0 Å². The lowest BCUT2D eigenvalue weighted by atomic mass is 10.1. The Kier molecular flexibility index (Phi) is 5.37. The lowest BCUT2D eigenvalue weighted by Crippen LogP contribution is -2.47. The number of benzene rings is 1. The number of hydrogen-bond donors (Lipinski definition) is 1. The zero-order valence-corrected chi connectivity index (χ0v) is 12.5. The van der Waals surface area contributed by atoms with Gasteiger partial charge in [0.05, 0.1) is 0 Å². The molecule has 2 rings (SSSR count). The molecule has 0 unspecified atom stereocenters. The Morgan fingerprint density at radius 2 is 1.68 bits per heavy atom. The van der Waals surface area contributed by atoms with Gasteiger partial charge in [-0.25, -0.2) is 0 Å². The summed E-state index contributed by atoms with van der Waals surface area (Å²) in [5.41, 5.74) is 1.40. The van der Waals surface area contributed by atoms with Gasteiger partial charge in [0.2, 0.25) is 0 Å². The molecular formula is C16H27N3. The fourth-order valence-corrected chi connectivity index (χ4v) is 2.63. The van der Waals surface area contributed by atoms with Crippen molar-refractivity contribution in [2.75, 3.05) is 39.8 Å². The van der Waals surface area contributed by atoms with Gasteiger partial charge in [-0.3, -0.25) is 4.90 Å². The Morgan fingerprint density at radius 3 is 2.26 bits per heavy atom. The van der Waals surface area contributed by atoms with Crippen LogP contribution in [0, 0.1) is 0 Å². The zero-order valence-electron chi connectivity index (χ0n) is 12.5. The molecule has 19 heavy (non-hydrogen) atoms. The van der Waals surface area contributed by atoms with E-state index in [0.717, 1.165) is 6.54 Å². The first-order chi connectivity index (χ1) is 9.15. The monoisotopic (exact) mass is 261 g/mol. The van der Waals surface area contributed by atoms with E-state index in [1.165, 1.54) is 31.7 Å². The minimum absolute atomic E-state index is 0.435. The van der Waals surface area contributed by atoms with Crippen LogP contribution in [0.1, 0.15) is 25.5 Å². The third kappa shape index (κ3) is 4.60. The average Bonchev–Trinajstić information content (AvgIpc) is 2.41. The van der Waals surface area contributed by atoms with E-state index in [4.69, 9.17) is 0 Å². The first-order valence-electron chi connectivity index (χ1n) is 7.37. The maximum absolute atomic E-state index is 3.70. The number of hydrogen-bond acceptors (Lipinski definition) is 3. The third-order valence-electron chi connectivity index (χ3n) is 3.77. The molecule has 106 valence electrons. The Labute approximate surface area is 117 Å². The van der Waals surface area contributed by atoms with Crippen molar-refractivity contribution in [1.82, 2.24) is 15.1 Å². The van der Waals surface area contributed by atoms with Crippen LogP contribution in [0.15, 0.2) is 30.3 Å².